The van der Waals surface area contributed by atoms with Crippen LogP contribution >= 0.6 is 0 Å². The van der Waals surface area contributed by atoms with E-state index in [2.05, 4.69) is 43.2 Å². The number of benzene rings is 1. The minimum atomic E-state index is -0.346. The topological polar surface area (TPSA) is 40.5 Å². The molecule has 1 aromatic heterocycles. The smallest absolute Gasteiger partial charge is 0.337 e. The highest BCUT2D eigenvalue weighted by atomic mass is 16.5. The van der Waals surface area contributed by atoms with Gasteiger partial charge in [0.15, 0.2) is 0 Å². The fourth-order valence-corrected chi connectivity index (χ4v) is 3.14. The average Bonchev–Trinajstić information content (AvgIpc) is 2.99. The summed E-state index contributed by atoms with van der Waals surface area (Å²) in [5.41, 5.74) is 3.86. The Hall–Kier alpha value is -2.75. The first-order chi connectivity index (χ1) is 12.9. The Morgan fingerprint density at radius 2 is 2.00 bits per heavy atom. The van der Waals surface area contributed by atoms with Gasteiger partial charge in [0, 0.05) is 23.1 Å². The van der Waals surface area contributed by atoms with Crippen molar-refractivity contribution in [2.24, 2.45) is 5.92 Å². The maximum absolute atomic E-state index is 11.9. The van der Waals surface area contributed by atoms with E-state index in [1.807, 2.05) is 19.1 Å². The Labute approximate surface area is 161 Å². The van der Waals surface area contributed by atoms with Crippen molar-refractivity contribution in [3.63, 3.8) is 0 Å². The van der Waals surface area contributed by atoms with Crippen molar-refractivity contribution in [2.45, 2.75) is 33.7 Å². The molecule has 0 saturated heterocycles. The lowest BCUT2D eigenvalue weighted by Crippen LogP contribution is -2.08. The molecule has 0 fully saturated rings. The first-order valence-corrected chi connectivity index (χ1v) is 9.17. The number of hydrogen-bond acceptors (Lipinski definition) is 3. The van der Waals surface area contributed by atoms with Gasteiger partial charge in [-0.3, -0.25) is 0 Å². The van der Waals surface area contributed by atoms with Crippen LogP contribution in [0.1, 0.15) is 26.5 Å². The van der Waals surface area contributed by atoms with Gasteiger partial charge in [-0.2, -0.15) is 0 Å². The number of ether oxygens (including phenoxy) is 2. The van der Waals surface area contributed by atoms with Crippen molar-refractivity contribution in [2.75, 3.05) is 14.2 Å². The van der Waals surface area contributed by atoms with Crippen LogP contribution in [0, 0.1) is 5.92 Å². The molecule has 2 aromatic rings. The van der Waals surface area contributed by atoms with E-state index in [1.165, 1.54) is 12.8 Å². The molecule has 0 saturated carbocycles. The Balaban J connectivity index is 2.51. The van der Waals surface area contributed by atoms with E-state index >= 15 is 0 Å². The molecule has 1 aromatic carbocycles. The SMILES string of the molecule is C=C/C(=C\C(=C/C)C(=O)OC)Cn1c(CC(C)C)cc2cc(OC)ccc21. The molecule has 0 aliphatic carbocycles. The Kier molecular flexibility index (Phi) is 7.05. The molecule has 1 heterocycles. The van der Waals surface area contributed by atoms with Crippen LogP contribution in [0.15, 0.2) is 60.2 Å². The molecule has 27 heavy (non-hydrogen) atoms. The number of nitrogens with zero attached hydrogens (tertiary/aromatic N) is 1. The van der Waals surface area contributed by atoms with Gasteiger partial charge in [0.2, 0.25) is 0 Å². The van der Waals surface area contributed by atoms with Gasteiger partial charge in [-0.25, -0.2) is 4.79 Å². The number of hydrogen-bond donors (Lipinski definition) is 0. The standard InChI is InChI=1S/C23H29NO3/c1-7-17(12-18(8-2)23(25)27-6)15-24-20(11-16(3)4)13-19-14-21(26-5)9-10-22(19)24/h7-10,12-14,16H,1,11,15H2,2-6H3/b17-12+,18-8+. The number of allylic oxidation sites excluding steroid dienone is 3. The molecule has 0 bridgehead atoms. The predicted molar refractivity (Wildman–Crippen MR) is 111 cm³/mol. The Morgan fingerprint density at radius 3 is 2.56 bits per heavy atom. The predicted octanol–water partition coefficient (Wildman–Crippen LogP) is 5.08. The molecule has 2 rings (SSSR count). The molecule has 0 radical (unpaired) electrons. The molecule has 0 N–H and O–H groups in total. The van der Waals surface area contributed by atoms with Gasteiger partial charge in [-0.15, -0.1) is 0 Å². The first-order valence-electron chi connectivity index (χ1n) is 9.17. The summed E-state index contributed by atoms with van der Waals surface area (Å²) in [6.07, 6.45) is 6.35. The molecule has 0 aliphatic rings. The van der Waals surface area contributed by atoms with E-state index < -0.39 is 0 Å². The van der Waals surface area contributed by atoms with Crippen LogP contribution in [-0.4, -0.2) is 24.8 Å². The third kappa shape index (κ3) is 4.91. The van der Waals surface area contributed by atoms with Gasteiger partial charge in [0.25, 0.3) is 0 Å². The van der Waals surface area contributed by atoms with Gasteiger partial charge in [-0.05, 0) is 55.2 Å². The number of methoxy groups -OCH3 is 2. The lowest BCUT2D eigenvalue weighted by Gasteiger charge is -2.14. The van der Waals surface area contributed by atoms with Crippen LogP contribution in [0.25, 0.3) is 10.9 Å². The second-order valence-corrected chi connectivity index (χ2v) is 6.90. The summed E-state index contributed by atoms with van der Waals surface area (Å²) < 4.78 is 12.5. The zero-order valence-corrected chi connectivity index (χ0v) is 16.9. The number of aromatic nitrogens is 1. The van der Waals surface area contributed by atoms with E-state index in [9.17, 15) is 4.79 Å². The molecule has 144 valence electrons. The van der Waals surface area contributed by atoms with E-state index in [4.69, 9.17) is 9.47 Å². The van der Waals surface area contributed by atoms with Gasteiger partial charge in [0.05, 0.1) is 19.8 Å². The van der Waals surface area contributed by atoms with E-state index in [-0.39, 0.29) is 5.97 Å². The number of esters is 1. The second kappa shape index (κ2) is 9.26. The molecule has 4 nitrogen and oxygen atoms in total. The van der Waals surface area contributed by atoms with Gasteiger partial charge >= 0.3 is 5.97 Å². The van der Waals surface area contributed by atoms with Crippen molar-refractivity contribution in [1.82, 2.24) is 4.57 Å². The summed E-state index contributed by atoms with van der Waals surface area (Å²) in [6.45, 7) is 10.8. The average molecular weight is 367 g/mol. The molecular formula is C23H29NO3. The van der Waals surface area contributed by atoms with Crippen LogP contribution in [0.5, 0.6) is 5.75 Å². The fraction of sp³-hybridized carbons (Fsp3) is 0.348. The maximum atomic E-state index is 11.9. The summed E-state index contributed by atoms with van der Waals surface area (Å²) in [7, 11) is 3.07. The zero-order chi connectivity index (χ0) is 20.0. The van der Waals surface area contributed by atoms with Crippen molar-refractivity contribution < 1.29 is 14.3 Å². The monoisotopic (exact) mass is 367 g/mol. The minimum Gasteiger partial charge on any atom is -0.497 e. The van der Waals surface area contributed by atoms with Crippen LogP contribution in [-0.2, 0) is 22.5 Å². The van der Waals surface area contributed by atoms with E-state index in [1.54, 1.807) is 19.3 Å². The van der Waals surface area contributed by atoms with Crippen molar-refractivity contribution in [3.05, 3.63) is 65.9 Å². The summed E-state index contributed by atoms with van der Waals surface area (Å²) >= 11 is 0. The summed E-state index contributed by atoms with van der Waals surface area (Å²) in [6, 6.07) is 8.32. The third-order valence-electron chi connectivity index (χ3n) is 4.49. The quantitative estimate of drug-likeness (QED) is 0.371. The summed E-state index contributed by atoms with van der Waals surface area (Å²) in [5.74, 6) is 1.03. The highest BCUT2D eigenvalue weighted by Gasteiger charge is 2.13. The molecule has 0 unspecified atom stereocenters. The van der Waals surface area contributed by atoms with Crippen LogP contribution in [0.2, 0.25) is 0 Å². The highest BCUT2D eigenvalue weighted by Crippen LogP contribution is 2.27. The number of rotatable bonds is 8. The maximum Gasteiger partial charge on any atom is 0.337 e. The number of fused-ring (bicyclic) bond motifs is 1. The molecular weight excluding hydrogens is 338 g/mol. The fourth-order valence-electron chi connectivity index (χ4n) is 3.14. The Bertz CT molecular complexity index is 884. The largest absolute Gasteiger partial charge is 0.497 e. The molecule has 4 heteroatoms. The van der Waals surface area contributed by atoms with Gasteiger partial charge in [-0.1, -0.05) is 32.6 Å². The van der Waals surface area contributed by atoms with Crippen molar-refractivity contribution >= 4 is 16.9 Å². The van der Waals surface area contributed by atoms with Crippen molar-refractivity contribution in [3.8, 4) is 5.75 Å². The van der Waals surface area contributed by atoms with Gasteiger partial charge in [0.1, 0.15) is 5.75 Å². The summed E-state index contributed by atoms with van der Waals surface area (Å²) in [4.78, 5) is 11.9. The first kappa shape index (κ1) is 20.6. The minimum absolute atomic E-state index is 0.346. The molecule has 0 amide bonds. The van der Waals surface area contributed by atoms with Crippen LogP contribution < -0.4 is 4.74 Å². The summed E-state index contributed by atoms with van der Waals surface area (Å²) in [5, 5.41) is 1.15. The lowest BCUT2D eigenvalue weighted by atomic mass is 10.1. The lowest BCUT2D eigenvalue weighted by molar-refractivity contribution is -0.135. The van der Waals surface area contributed by atoms with Crippen LogP contribution in [0.3, 0.4) is 0 Å². The van der Waals surface area contributed by atoms with Crippen molar-refractivity contribution in [1.29, 1.82) is 0 Å². The van der Waals surface area contributed by atoms with Crippen LogP contribution in [0.4, 0.5) is 0 Å². The highest BCUT2D eigenvalue weighted by molar-refractivity contribution is 5.91. The zero-order valence-electron chi connectivity index (χ0n) is 16.9. The molecule has 0 aliphatic heterocycles. The molecule has 0 atom stereocenters. The number of carbonyl (C=O) groups excluding carboxylic acids is 1. The Morgan fingerprint density at radius 1 is 1.26 bits per heavy atom. The normalized spacial score (nSPS) is 12.5. The number of carbonyl (C=O) groups is 1. The van der Waals surface area contributed by atoms with E-state index in [0.29, 0.717) is 18.0 Å². The third-order valence-corrected chi connectivity index (χ3v) is 4.49. The molecule has 0 spiro atoms. The van der Waals surface area contributed by atoms with E-state index in [0.717, 1.165) is 28.6 Å². The van der Waals surface area contributed by atoms with Gasteiger partial charge < -0.3 is 14.0 Å². The second-order valence-electron chi connectivity index (χ2n) is 6.90.